The Hall–Kier alpha value is -0.520. The molecule has 0 saturated carbocycles. The molecule has 176 valence electrons. The molecule has 3 aliphatic heterocycles. The molecular weight excluding hydrogens is 410 g/mol. The van der Waals surface area contributed by atoms with Gasteiger partial charge >= 0.3 is 0 Å². The number of β-amino-alcohol motifs (C(OH)–C–C–N with tert-alkyl or cyclic N) is 1. The SMILES string of the molecule is C[C@H]1O[C@H](O[C@@H]2[C@H](O)[C@@H](O)[C@@H](OC3C(O)CNC3CO)O[C@@H]2CO)[C@H](O)[C@@H](O)[C@@H]1O. The first-order valence-corrected chi connectivity index (χ1v) is 9.84. The molecule has 0 radical (unpaired) electrons. The van der Waals surface area contributed by atoms with E-state index in [-0.39, 0.29) is 13.2 Å². The Labute approximate surface area is 172 Å². The van der Waals surface area contributed by atoms with E-state index in [0.29, 0.717) is 0 Å². The van der Waals surface area contributed by atoms with Crippen molar-refractivity contribution in [2.45, 2.75) is 86.6 Å². The highest BCUT2D eigenvalue weighted by Crippen LogP contribution is 2.30. The largest absolute Gasteiger partial charge is 0.395 e. The lowest BCUT2D eigenvalue weighted by Gasteiger charge is -2.46. The Balaban J connectivity index is 1.68. The van der Waals surface area contributed by atoms with Crippen LogP contribution in [0.2, 0.25) is 0 Å². The predicted molar refractivity (Wildman–Crippen MR) is 94.7 cm³/mol. The average Bonchev–Trinajstić information content (AvgIpc) is 3.09. The quantitative estimate of drug-likeness (QED) is 0.188. The molecule has 13 atom stereocenters. The number of aliphatic hydroxyl groups excluding tert-OH is 8. The summed E-state index contributed by atoms with van der Waals surface area (Å²) in [7, 11) is 0. The van der Waals surface area contributed by atoms with Crippen LogP contribution in [0.25, 0.3) is 0 Å². The summed E-state index contributed by atoms with van der Waals surface area (Å²) in [5, 5.41) is 82.7. The van der Waals surface area contributed by atoms with Crippen molar-refractivity contribution in [2.24, 2.45) is 0 Å². The second-order valence-corrected chi connectivity index (χ2v) is 7.85. The smallest absolute Gasteiger partial charge is 0.187 e. The third-order valence-electron chi connectivity index (χ3n) is 5.77. The van der Waals surface area contributed by atoms with Gasteiger partial charge in [-0.2, -0.15) is 0 Å². The molecule has 3 rings (SSSR count). The molecule has 0 aromatic carbocycles. The molecular formula is C17H31NO12. The minimum Gasteiger partial charge on any atom is -0.395 e. The van der Waals surface area contributed by atoms with Crippen LogP contribution >= 0.6 is 0 Å². The van der Waals surface area contributed by atoms with E-state index < -0.39 is 86.3 Å². The van der Waals surface area contributed by atoms with Gasteiger partial charge in [-0.3, -0.25) is 0 Å². The van der Waals surface area contributed by atoms with E-state index in [2.05, 4.69) is 5.32 Å². The Morgan fingerprint density at radius 1 is 0.767 bits per heavy atom. The van der Waals surface area contributed by atoms with Gasteiger partial charge in [0.2, 0.25) is 0 Å². The minimum absolute atomic E-state index is 0.152. The first-order valence-electron chi connectivity index (χ1n) is 9.84. The zero-order chi connectivity index (χ0) is 22.2. The highest BCUT2D eigenvalue weighted by molar-refractivity contribution is 4.96. The summed E-state index contributed by atoms with van der Waals surface area (Å²) in [6, 6.07) is -0.616. The van der Waals surface area contributed by atoms with E-state index in [0.717, 1.165) is 0 Å². The van der Waals surface area contributed by atoms with Crippen molar-refractivity contribution in [3.05, 3.63) is 0 Å². The van der Waals surface area contributed by atoms with Crippen LogP contribution in [0.15, 0.2) is 0 Å². The molecule has 30 heavy (non-hydrogen) atoms. The molecule has 0 aliphatic carbocycles. The Bertz CT molecular complexity index is 555. The van der Waals surface area contributed by atoms with E-state index in [4.69, 9.17) is 18.9 Å². The highest BCUT2D eigenvalue weighted by atomic mass is 16.7. The van der Waals surface area contributed by atoms with Crippen LogP contribution in [0.1, 0.15) is 6.92 Å². The van der Waals surface area contributed by atoms with Crippen molar-refractivity contribution in [2.75, 3.05) is 19.8 Å². The average molecular weight is 441 g/mol. The highest BCUT2D eigenvalue weighted by Gasteiger charge is 2.51. The Kier molecular flexibility index (Phi) is 8.01. The molecule has 3 heterocycles. The molecule has 3 aliphatic rings. The van der Waals surface area contributed by atoms with Crippen molar-refractivity contribution in [3.63, 3.8) is 0 Å². The van der Waals surface area contributed by atoms with Crippen molar-refractivity contribution in [1.82, 2.24) is 5.32 Å². The van der Waals surface area contributed by atoms with Crippen LogP contribution < -0.4 is 5.32 Å². The maximum absolute atomic E-state index is 10.6. The molecule has 3 saturated heterocycles. The van der Waals surface area contributed by atoms with E-state index in [1.54, 1.807) is 0 Å². The summed E-state index contributed by atoms with van der Waals surface area (Å²) in [4.78, 5) is 0. The van der Waals surface area contributed by atoms with Gasteiger partial charge < -0.3 is 65.1 Å². The fraction of sp³-hybridized carbons (Fsp3) is 1.00. The third kappa shape index (κ3) is 4.63. The summed E-state index contributed by atoms with van der Waals surface area (Å²) in [6.45, 7) is 0.600. The van der Waals surface area contributed by atoms with Gasteiger partial charge in [0.15, 0.2) is 12.6 Å². The summed E-state index contributed by atoms with van der Waals surface area (Å²) in [6.07, 6.45) is -16.2. The van der Waals surface area contributed by atoms with Gasteiger partial charge in [-0.1, -0.05) is 0 Å². The van der Waals surface area contributed by atoms with Crippen molar-refractivity contribution in [1.29, 1.82) is 0 Å². The molecule has 9 N–H and O–H groups in total. The summed E-state index contributed by atoms with van der Waals surface area (Å²) in [5.41, 5.74) is 0. The van der Waals surface area contributed by atoms with Gasteiger partial charge in [-0.15, -0.1) is 0 Å². The molecule has 0 spiro atoms. The van der Waals surface area contributed by atoms with E-state index in [1.165, 1.54) is 6.92 Å². The number of ether oxygens (including phenoxy) is 4. The lowest BCUT2D eigenvalue weighted by Crippen LogP contribution is -2.64. The molecule has 3 unspecified atom stereocenters. The second-order valence-electron chi connectivity index (χ2n) is 7.85. The first-order chi connectivity index (χ1) is 14.2. The summed E-state index contributed by atoms with van der Waals surface area (Å²) >= 11 is 0. The molecule has 13 heteroatoms. The third-order valence-corrected chi connectivity index (χ3v) is 5.77. The lowest BCUT2D eigenvalue weighted by atomic mass is 9.97. The van der Waals surface area contributed by atoms with Gasteiger partial charge in [-0.25, -0.2) is 0 Å². The Morgan fingerprint density at radius 3 is 2.00 bits per heavy atom. The van der Waals surface area contributed by atoms with Crippen LogP contribution in [-0.4, -0.2) is 140 Å². The normalized spacial score (nSPS) is 52.5. The van der Waals surface area contributed by atoms with Crippen molar-refractivity contribution >= 4 is 0 Å². The fourth-order valence-corrected chi connectivity index (χ4v) is 3.90. The van der Waals surface area contributed by atoms with E-state index >= 15 is 0 Å². The van der Waals surface area contributed by atoms with Crippen LogP contribution in [0.5, 0.6) is 0 Å². The first kappa shape index (κ1) is 24.1. The zero-order valence-electron chi connectivity index (χ0n) is 16.3. The van der Waals surface area contributed by atoms with Gasteiger partial charge in [-0.05, 0) is 6.92 Å². The maximum Gasteiger partial charge on any atom is 0.187 e. The predicted octanol–water partition coefficient (Wildman–Crippen LogP) is -5.65. The van der Waals surface area contributed by atoms with Gasteiger partial charge in [0.05, 0.1) is 31.5 Å². The standard InChI is InChI=1S/C17H31NO12/c1-5-9(22)10(23)12(25)16(27-5)30-15-8(4-20)28-17(13(26)11(15)24)29-14-6(3-19)18-2-7(14)21/h5-26H,2-4H2,1H3/t5-,6?,7?,8-,9-,10+,11-,12-,13-,14?,15+,16-,17-/m1/s1. The molecule has 0 aromatic heterocycles. The van der Waals surface area contributed by atoms with Crippen LogP contribution in [-0.2, 0) is 18.9 Å². The maximum atomic E-state index is 10.6. The second kappa shape index (κ2) is 9.95. The fourth-order valence-electron chi connectivity index (χ4n) is 3.90. The van der Waals surface area contributed by atoms with Crippen molar-refractivity contribution < 1.29 is 59.8 Å². The monoisotopic (exact) mass is 441 g/mol. The number of rotatable bonds is 6. The van der Waals surface area contributed by atoms with E-state index in [1.807, 2.05) is 0 Å². The number of aliphatic hydroxyl groups is 8. The summed E-state index contributed by atoms with van der Waals surface area (Å²) < 4.78 is 21.9. The molecule has 0 amide bonds. The lowest BCUT2D eigenvalue weighted by molar-refractivity contribution is -0.361. The van der Waals surface area contributed by atoms with Gasteiger partial charge in [0.25, 0.3) is 0 Å². The van der Waals surface area contributed by atoms with Crippen LogP contribution in [0.3, 0.4) is 0 Å². The molecule has 0 aromatic rings. The Morgan fingerprint density at radius 2 is 1.37 bits per heavy atom. The number of hydrogen-bond acceptors (Lipinski definition) is 13. The van der Waals surface area contributed by atoms with Crippen LogP contribution in [0, 0.1) is 0 Å². The molecule has 3 fully saturated rings. The van der Waals surface area contributed by atoms with Crippen molar-refractivity contribution in [3.8, 4) is 0 Å². The number of hydrogen-bond donors (Lipinski definition) is 9. The minimum atomic E-state index is -1.67. The molecule has 0 bridgehead atoms. The van der Waals surface area contributed by atoms with Crippen LogP contribution in [0.4, 0.5) is 0 Å². The summed E-state index contributed by atoms with van der Waals surface area (Å²) in [5.74, 6) is 0. The number of nitrogens with one attached hydrogen (secondary N) is 1. The topological polar surface area (TPSA) is 211 Å². The van der Waals surface area contributed by atoms with Gasteiger partial charge in [0, 0.05) is 6.54 Å². The van der Waals surface area contributed by atoms with E-state index in [9.17, 15) is 40.9 Å². The zero-order valence-corrected chi connectivity index (χ0v) is 16.3. The molecule has 13 nitrogen and oxygen atoms in total. The van der Waals surface area contributed by atoms with Gasteiger partial charge in [0.1, 0.15) is 48.8 Å².